The number of methoxy groups -OCH3 is 3. The number of benzene rings is 2. The number of rotatable bonds is 11. The highest BCUT2D eigenvalue weighted by atomic mass is 16.7. The van der Waals surface area contributed by atoms with Crippen LogP contribution in [0.2, 0.25) is 0 Å². The van der Waals surface area contributed by atoms with Crippen molar-refractivity contribution in [2.24, 2.45) is 11.8 Å². The Morgan fingerprint density at radius 3 is 1.50 bits per heavy atom. The van der Waals surface area contributed by atoms with E-state index in [1.807, 2.05) is 0 Å². The highest BCUT2D eigenvalue weighted by Gasteiger charge is 2.50. The summed E-state index contributed by atoms with van der Waals surface area (Å²) in [4.78, 5) is 0. The van der Waals surface area contributed by atoms with Crippen LogP contribution in [-0.2, 0) is 18.9 Å². The second-order valence-electron chi connectivity index (χ2n) is 12.6. The lowest BCUT2D eigenvalue weighted by molar-refractivity contribution is -0.277. The smallest absolute Gasteiger partial charge is 0.229 e. The fourth-order valence-electron chi connectivity index (χ4n) is 6.94. The zero-order chi connectivity index (χ0) is 35.9. The lowest BCUT2D eigenvalue weighted by atomic mass is 9.84. The Hall–Kier alpha value is -3.04. The van der Waals surface area contributed by atoms with Crippen LogP contribution in [0.4, 0.5) is 0 Å². The Bertz CT molecular complexity index is 1430. The molecule has 0 bridgehead atoms. The van der Waals surface area contributed by atoms with Gasteiger partial charge in [-0.2, -0.15) is 0 Å². The number of fused-ring (bicyclic) bond motifs is 1. The number of aliphatic hydroxyl groups excluding tert-OH is 8. The van der Waals surface area contributed by atoms with Crippen LogP contribution >= 0.6 is 0 Å². The van der Waals surface area contributed by atoms with Crippen LogP contribution in [-0.4, -0.2) is 150 Å². The van der Waals surface area contributed by atoms with Gasteiger partial charge < -0.3 is 83.5 Å². The van der Waals surface area contributed by atoms with Gasteiger partial charge >= 0.3 is 0 Å². The summed E-state index contributed by atoms with van der Waals surface area (Å²) < 4.78 is 52.1. The summed E-state index contributed by atoms with van der Waals surface area (Å²) in [7, 11) is 4.28. The molecule has 2 aromatic rings. The van der Waals surface area contributed by atoms with Gasteiger partial charge in [-0.25, -0.2) is 0 Å². The SMILES string of the molecule is COc1cc([C@@H]2OC[C@@H]3[C@H]2CO[C@H]3c2cc(OC)c(O[C@H]3O[C@@H](CO)[C@H](O)[C@@H](O)[C@@H]3O)c(OC)c2)ccc1O[C@H]1O[C@@H](CO)[C@H](O)[C@@H](O)[C@@H]1O. The first-order valence-corrected chi connectivity index (χ1v) is 16.2. The van der Waals surface area contributed by atoms with E-state index in [1.165, 1.54) is 21.3 Å². The predicted octanol–water partition coefficient (Wildman–Crippen LogP) is -1.85. The molecule has 0 aromatic heterocycles. The summed E-state index contributed by atoms with van der Waals surface area (Å²) in [6.45, 7) is -0.487. The number of aliphatic hydroxyl groups is 8. The molecular formula is C33H44O17. The fraction of sp³-hybridized carbons (Fsp3) is 0.636. The summed E-state index contributed by atoms with van der Waals surface area (Å²) in [5.74, 6) is 0.854. The maximum atomic E-state index is 10.5. The van der Waals surface area contributed by atoms with E-state index in [0.717, 1.165) is 5.56 Å². The third kappa shape index (κ3) is 6.69. The van der Waals surface area contributed by atoms with E-state index in [1.54, 1.807) is 30.3 Å². The molecule has 4 heterocycles. The molecular weight excluding hydrogens is 668 g/mol. The van der Waals surface area contributed by atoms with Crippen LogP contribution in [0.3, 0.4) is 0 Å². The minimum Gasteiger partial charge on any atom is -0.493 e. The molecule has 17 heteroatoms. The van der Waals surface area contributed by atoms with Crippen molar-refractivity contribution in [2.45, 2.75) is 73.6 Å². The molecule has 2 aromatic carbocycles. The van der Waals surface area contributed by atoms with Crippen LogP contribution in [0.1, 0.15) is 23.3 Å². The monoisotopic (exact) mass is 712 g/mol. The average Bonchev–Trinajstić information content (AvgIpc) is 3.75. The summed E-state index contributed by atoms with van der Waals surface area (Å²) in [5.41, 5.74) is 1.48. The Kier molecular flexibility index (Phi) is 11.2. The molecule has 278 valence electrons. The van der Waals surface area contributed by atoms with Crippen molar-refractivity contribution in [3.05, 3.63) is 41.5 Å². The molecule has 0 saturated carbocycles. The maximum Gasteiger partial charge on any atom is 0.229 e. The first kappa shape index (κ1) is 36.7. The highest BCUT2D eigenvalue weighted by Crippen LogP contribution is 2.53. The largest absolute Gasteiger partial charge is 0.493 e. The van der Waals surface area contributed by atoms with E-state index < -0.39 is 80.7 Å². The minimum absolute atomic E-state index is 0.0658. The summed E-state index contributed by atoms with van der Waals surface area (Å²) in [6, 6.07) is 8.53. The van der Waals surface area contributed by atoms with Crippen LogP contribution in [0, 0.1) is 11.8 Å². The summed E-state index contributed by atoms with van der Waals surface area (Å²) >= 11 is 0. The van der Waals surface area contributed by atoms with E-state index in [0.29, 0.717) is 24.5 Å². The van der Waals surface area contributed by atoms with Crippen molar-refractivity contribution >= 4 is 0 Å². The van der Waals surface area contributed by atoms with Gasteiger partial charge in [-0.15, -0.1) is 0 Å². The molecule has 0 aliphatic carbocycles. The molecule has 0 unspecified atom stereocenters. The normalized spacial score (nSPS) is 38.4. The van der Waals surface area contributed by atoms with Gasteiger partial charge in [-0.1, -0.05) is 6.07 Å². The molecule has 0 radical (unpaired) electrons. The Morgan fingerprint density at radius 1 is 0.560 bits per heavy atom. The summed E-state index contributed by atoms with van der Waals surface area (Å²) in [5, 5.41) is 80.6. The van der Waals surface area contributed by atoms with Crippen LogP contribution < -0.4 is 23.7 Å². The third-order valence-corrected chi connectivity index (χ3v) is 9.77. The predicted molar refractivity (Wildman–Crippen MR) is 166 cm³/mol. The molecule has 4 saturated heterocycles. The van der Waals surface area contributed by atoms with E-state index >= 15 is 0 Å². The molecule has 4 fully saturated rings. The zero-order valence-corrected chi connectivity index (χ0v) is 27.6. The van der Waals surface area contributed by atoms with Crippen molar-refractivity contribution in [2.75, 3.05) is 47.8 Å². The van der Waals surface area contributed by atoms with Gasteiger partial charge in [0.05, 0.1) is 60.0 Å². The van der Waals surface area contributed by atoms with E-state index in [4.69, 9.17) is 42.6 Å². The van der Waals surface area contributed by atoms with Gasteiger partial charge in [-0.3, -0.25) is 0 Å². The van der Waals surface area contributed by atoms with Gasteiger partial charge in [0.25, 0.3) is 0 Å². The van der Waals surface area contributed by atoms with E-state index in [2.05, 4.69) is 0 Å². The van der Waals surface area contributed by atoms with Crippen molar-refractivity contribution in [1.82, 2.24) is 0 Å². The van der Waals surface area contributed by atoms with Gasteiger partial charge in [-0.05, 0) is 35.4 Å². The lowest BCUT2D eigenvalue weighted by Gasteiger charge is -2.39. The van der Waals surface area contributed by atoms with E-state index in [9.17, 15) is 40.9 Å². The third-order valence-electron chi connectivity index (χ3n) is 9.77. The maximum absolute atomic E-state index is 10.5. The minimum atomic E-state index is -1.64. The van der Waals surface area contributed by atoms with Crippen molar-refractivity contribution in [3.63, 3.8) is 0 Å². The highest BCUT2D eigenvalue weighted by molar-refractivity contribution is 5.55. The van der Waals surface area contributed by atoms with Gasteiger partial charge in [0.15, 0.2) is 23.0 Å². The quantitative estimate of drug-likeness (QED) is 0.127. The summed E-state index contributed by atoms with van der Waals surface area (Å²) in [6.07, 6.45) is -15.5. The molecule has 50 heavy (non-hydrogen) atoms. The van der Waals surface area contributed by atoms with Crippen LogP contribution in [0.15, 0.2) is 30.3 Å². The van der Waals surface area contributed by atoms with Crippen molar-refractivity contribution < 1.29 is 83.5 Å². The van der Waals surface area contributed by atoms with Gasteiger partial charge in [0.2, 0.25) is 18.3 Å². The standard InChI is InChI=1S/C33H44O17/c1-42-18-6-13(4-5-17(18)47-32-27(40)25(38)23(36)21(9-34)48-32)29-15-11-46-30(16(15)12-45-29)14-7-19(43-2)31(20(8-14)44-3)50-33-28(41)26(39)24(37)22(10-35)49-33/h4-8,15-16,21-30,32-41H,9-12H2,1-3H3/t15-,16-,21+,22+,23+,24+,25-,26-,27+,28+,29+,30+,32+,33-/m1/s1. The topological polar surface area (TPSA) is 245 Å². The van der Waals surface area contributed by atoms with Gasteiger partial charge in [0, 0.05) is 11.8 Å². The number of hydrogen-bond acceptors (Lipinski definition) is 17. The Morgan fingerprint density at radius 2 is 1.02 bits per heavy atom. The van der Waals surface area contributed by atoms with Crippen molar-refractivity contribution in [3.8, 4) is 28.7 Å². The average molecular weight is 713 g/mol. The van der Waals surface area contributed by atoms with Crippen LogP contribution in [0.25, 0.3) is 0 Å². The number of ether oxygens (including phenoxy) is 9. The molecule has 17 nitrogen and oxygen atoms in total. The van der Waals surface area contributed by atoms with E-state index in [-0.39, 0.29) is 40.9 Å². The first-order chi connectivity index (χ1) is 24.0. The molecule has 14 atom stereocenters. The Balaban J connectivity index is 1.18. The zero-order valence-electron chi connectivity index (χ0n) is 27.6. The molecule has 0 amide bonds. The Labute approximate surface area is 287 Å². The van der Waals surface area contributed by atoms with Gasteiger partial charge in [0.1, 0.15) is 48.8 Å². The lowest BCUT2D eigenvalue weighted by Crippen LogP contribution is -2.60. The second-order valence-corrected chi connectivity index (χ2v) is 12.6. The van der Waals surface area contributed by atoms with Crippen LogP contribution in [0.5, 0.6) is 28.7 Å². The fourth-order valence-corrected chi connectivity index (χ4v) is 6.94. The number of hydrogen-bond donors (Lipinski definition) is 8. The molecule has 6 rings (SSSR count). The van der Waals surface area contributed by atoms with Crippen molar-refractivity contribution in [1.29, 1.82) is 0 Å². The first-order valence-electron chi connectivity index (χ1n) is 16.2. The molecule has 4 aliphatic heterocycles. The molecule has 8 N–H and O–H groups in total. The molecule has 4 aliphatic rings. The molecule has 0 spiro atoms. The second kappa shape index (κ2) is 15.3.